The highest BCUT2D eigenvalue weighted by Crippen LogP contribution is 2.60. The highest BCUT2D eigenvalue weighted by molar-refractivity contribution is 9.10. The second kappa shape index (κ2) is 5.11. The Balaban J connectivity index is 1.36. The van der Waals surface area contributed by atoms with Crippen LogP contribution in [0, 0.1) is 23.2 Å². The third-order valence-electron chi connectivity index (χ3n) is 5.75. The topological polar surface area (TPSA) is 46.9 Å². The molecule has 0 saturated heterocycles. The van der Waals surface area contributed by atoms with E-state index in [0.717, 1.165) is 48.0 Å². The first kappa shape index (κ1) is 13.8. The summed E-state index contributed by atoms with van der Waals surface area (Å²) in [6.45, 7) is 1.42. The van der Waals surface area contributed by atoms with Crippen molar-refractivity contribution in [1.82, 2.24) is 15.1 Å². The smallest absolute Gasteiger partial charge is 0.226 e. The lowest BCUT2D eigenvalue weighted by molar-refractivity contribution is -0.146. The Morgan fingerprint density at radius 3 is 2.43 bits per heavy atom. The first-order chi connectivity index (χ1) is 10.1. The van der Waals surface area contributed by atoms with Crippen molar-refractivity contribution >= 4 is 21.8 Å². The lowest BCUT2D eigenvalue weighted by Gasteiger charge is -2.55. The molecule has 1 aromatic heterocycles. The number of rotatable bonds is 4. The zero-order chi connectivity index (χ0) is 14.4. The molecule has 4 bridgehead atoms. The van der Waals surface area contributed by atoms with Gasteiger partial charge in [-0.3, -0.25) is 9.48 Å². The standard InChI is InChI=1S/C16H22BrN3O/c17-14-9-19-20(10-14)2-1-18-15(21)16-6-11-3-12(7-16)5-13(4-11)8-16/h9-13H,1-8H2,(H,18,21). The Bertz CT molecular complexity index is 518. The summed E-state index contributed by atoms with van der Waals surface area (Å²) in [5, 5.41) is 7.41. The Morgan fingerprint density at radius 2 is 1.90 bits per heavy atom. The van der Waals surface area contributed by atoms with Crippen molar-refractivity contribution in [3.05, 3.63) is 16.9 Å². The lowest BCUT2D eigenvalue weighted by atomic mass is 9.49. The van der Waals surface area contributed by atoms with E-state index in [4.69, 9.17) is 0 Å². The van der Waals surface area contributed by atoms with Gasteiger partial charge in [0.2, 0.25) is 5.91 Å². The summed E-state index contributed by atoms with van der Waals surface area (Å²) < 4.78 is 2.85. The molecule has 0 aromatic carbocycles. The molecule has 5 heteroatoms. The second-order valence-electron chi connectivity index (χ2n) is 7.38. The van der Waals surface area contributed by atoms with Crippen LogP contribution in [0.25, 0.3) is 0 Å². The minimum atomic E-state index is -0.0283. The summed E-state index contributed by atoms with van der Waals surface area (Å²) in [7, 11) is 0. The molecule has 4 fully saturated rings. The molecule has 21 heavy (non-hydrogen) atoms. The van der Waals surface area contributed by atoms with Gasteiger partial charge in [-0.25, -0.2) is 0 Å². The normalized spacial score (nSPS) is 36.9. The van der Waals surface area contributed by atoms with Gasteiger partial charge in [-0.2, -0.15) is 5.10 Å². The third-order valence-corrected chi connectivity index (χ3v) is 6.16. The maximum Gasteiger partial charge on any atom is 0.226 e. The number of carbonyl (C=O) groups excluding carboxylic acids is 1. The number of hydrogen-bond donors (Lipinski definition) is 1. The monoisotopic (exact) mass is 351 g/mol. The molecule has 5 rings (SSSR count). The fourth-order valence-electron chi connectivity index (χ4n) is 5.32. The molecule has 1 amide bonds. The van der Waals surface area contributed by atoms with Crippen molar-refractivity contribution < 1.29 is 4.79 Å². The highest BCUT2D eigenvalue weighted by Gasteiger charge is 2.54. The number of halogens is 1. The summed E-state index contributed by atoms with van der Waals surface area (Å²) in [6, 6.07) is 0. The molecule has 4 aliphatic carbocycles. The molecule has 0 atom stereocenters. The van der Waals surface area contributed by atoms with Crippen LogP contribution in [0.2, 0.25) is 0 Å². The predicted molar refractivity (Wildman–Crippen MR) is 83.5 cm³/mol. The van der Waals surface area contributed by atoms with Gasteiger partial charge < -0.3 is 5.32 Å². The van der Waals surface area contributed by atoms with E-state index in [1.807, 2.05) is 10.9 Å². The van der Waals surface area contributed by atoms with E-state index in [1.165, 1.54) is 19.3 Å². The maximum absolute atomic E-state index is 12.7. The summed E-state index contributed by atoms with van der Waals surface area (Å²) in [4.78, 5) is 12.7. The van der Waals surface area contributed by atoms with Gasteiger partial charge in [0.1, 0.15) is 0 Å². The van der Waals surface area contributed by atoms with Crippen LogP contribution in [-0.4, -0.2) is 22.2 Å². The van der Waals surface area contributed by atoms with Gasteiger partial charge in [0.05, 0.1) is 17.2 Å². The zero-order valence-electron chi connectivity index (χ0n) is 12.2. The number of aromatic nitrogens is 2. The van der Waals surface area contributed by atoms with E-state index in [1.54, 1.807) is 6.20 Å². The van der Waals surface area contributed by atoms with Gasteiger partial charge in [0.15, 0.2) is 0 Å². The first-order valence-corrected chi connectivity index (χ1v) is 8.88. The average molecular weight is 352 g/mol. The predicted octanol–water partition coefficient (Wildman–Crippen LogP) is 2.98. The minimum Gasteiger partial charge on any atom is -0.354 e. The van der Waals surface area contributed by atoms with Crippen LogP contribution < -0.4 is 5.32 Å². The molecule has 1 aromatic rings. The molecule has 0 unspecified atom stereocenters. The van der Waals surface area contributed by atoms with E-state index in [-0.39, 0.29) is 5.41 Å². The Morgan fingerprint density at radius 1 is 1.29 bits per heavy atom. The van der Waals surface area contributed by atoms with Crippen LogP contribution in [0.1, 0.15) is 38.5 Å². The lowest BCUT2D eigenvalue weighted by Crippen LogP contribution is -2.53. The summed E-state index contributed by atoms with van der Waals surface area (Å²) in [5.74, 6) is 2.78. The van der Waals surface area contributed by atoms with Crippen molar-refractivity contribution in [2.24, 2.45) is 23.2 Å². The van der Waals surface area contributed by atoms with E-state index in [2.05, 4.69) is 26.3 Å². The molecule has 1 heterocycles. The van der Waals surface area contributed by atoms with Gasteiger partial charge in [-0.15, -0.1) is 0 Å². The van der Waals surface area contributed by atoms with Crippen LogP contribution in [0.4, 0.5) is 0 Å². The molecule has 4 saturated carbocycles. The molecule has 0 spiro atoms. The van der Waals surface area contributed by atoms with Crippen molar-refractivity contribution in [2.45, 2.75) is 45.1 Å². The van der Waals surface area contributed by atoms with E-state index in [0.29, 0.717) is 12.5 Å². The van der Waals surface area contributed by atoms with Crippen LogP contribution >= 0.6 is 15.9 Å². The Kier molecular flexibility index (Phi) is 3.36. The minimum absolute atomic E-state index is 0.0283. The van der Waals surface area contributed by atoms with Crippen LogP contribution in [0.5, 0.6) is 0 Å². The average Bonchev–Trinajstić information content (AvgIpc) is 2.83. The van der Waals surface area contributed by atoms with Gasteiger partial charge >= 0.3 is 0 Å². The summed E-state index contributed by atoms with van der Waals surface area (Å²) >= 11 is 3.39. The molecule has 4 nitrogen and oxygen atoms in total. The Hall–Kier alpha value is -0.840. The molecular formula is C16H22BrN3O. The SMILES string of the molecule is O=C(NCCn1cc(Br)cn1)C12CC3CC(CC(C3)C1)C2. The Labute approximate surface area is 133 Å². The third kappa shape index (κ3) is 2.54. The summed E-state index contributed by atoms with van der Waals surface area (Å²) in [5.41, 5.74) is -0.0283. The number of amides is 1. The molecule has 114 valence electrons. The number of hydrogen-bond acceptors (Lipinski definition) is 2. The summed E-state index contributed by atoms with van der Waals surface area (Å²) in [6.07, 6.45) is 11.3. The number of carbonyl (C=O) groups is 1. The highest BCUT2D eigenvalue weighted by atomic mass is 79.9. The van der Waals surface area contributed by atoms with E-state index in [9.17, 15) is 4.79 Å². The number of nitrogens with one attached hydrogen (secondary N) is 1. The van der Waals surface area contributed by atoms with Crippen LogP contribution in [0.3, 0.4) is 0 Å². The number of nitrogens with zero attached hydrogens (tertiary/aromatic N) is 2. The molecule has 1 N–H and O–H groups in total. The van der Waals surface area contributed by atoms with Crippen LogP contribution in [0.15, 0.2) is 16.9 Å². The maximum atomic E-state index is 12.7. The molecule has 0 radical (unpaired) electrons. The van der Waals surface area contributed by atoms with Gasteiger partial charge in [-0.1, -0.05) is 0 Å². The van der Waals surface area contributed by atoms with Crippen molar-refractivity contribution in [3.63, 3.8) is 0 Å². The largest absolute Gasteiger partial charge is 0.354 e. The molecule has 4 aliphatic rings. The van der Waals surface area contributed by atoms with Crippen molar-refractivity contribution in [2.75, 3.05) is 6.54 Å². The van der Waals surface area contributed by atoms with Crippen molar-refractivity contribution in [1.29, 1.82) is 0 Å². The quantitative estimate of drug-likeness (QED) is 0.906. The fourth-order valence-corrected chi connectivity index (χ4v) is 5.65. The van der Waals surface area contributed by atoms with Crippen LogP contribution in [-0.2, 0) is 11.3 Å². The molecule has 0 aliphatic heterocycles. The van der Waals surface area contributed by atoms with Crippen molar-refractivity contribution in [3.8, 4) is 0 Å². The first-order valence-electron chi connectivity index (χ1n) is 8.09. The zero-order valence-corrected chi connectivity index (χ0v) is 13.8. The van der Waals surface area contributed by atoms with Gasteiger partial charge in [-0.05, 0) is 72.2 Å². The van der Waals surface area contributed by atoms with Gasteiger partial charge in [0.25, 0.3) is 0 Å². The van der Waals surface area contributed by atoms with E-state index >= 15 is 0 Å². The second-order valence-corrected chi connectivity index (χ2v) is 8.29. The fraction of sp³-hybridized carbons (Fsp3) is 0.750. The molecular weight excluding hydrogens is 330 g/mol. The van der Waals surface area contributed by atoms with E-state index < -0.39 is 0 Å². The van der Waals surface area contributed by atoms with Gasteiger partial charge in [0, 0.05) is 18.2 Å².